The lowest BCUT2D eigenvalue weighted by molar-refractivity contribution is 0.0352. The fourth-order valence-corrected chi connectivity index (χ4v) is 2.84. The van der Waals surface area contributed by atoms with E-state index >= 15 is 0 Å². The smallest absolute Gasteiger partial charge is 0.254 e. The molecule has 0 unspecified atom stereocenters. The van der Waals surface area contributed by atoms with Gasteiger partial charge in [-0.25, -0.2) is 4.98 Å². The Morgan fingerprint density at radius 3 is 2.76 bits per heavy atom. The molecule has 1 aromatic heterocycles. The number of ether oxygens (including phenoxy) is 1. The molecular weight excluding hydrogens is 266 g/mol. The Balaban J connectivity index is 1.91. The number of aromatic nitrogens is 1. The predicted molar refractivity (Wildman–Crippen MR) is 82.1 cm³/mol. The van der Waals surface area contributed by atoms with Crippen LogP contribution < -0.4 is 5.73 Å². The monoisotopic (exact) mass is 285 g/mol. The maximum atomic E-state index is 12.8. The van der Waals surface area contributed by atoms with Gasteiger partial charge >= 0.3 is 0 Å². The molecule has 0 radical (unpaired) electrons. The Morgan fingerprint density at radius 1 is 1.33 bits per heavy atom. The number of piperidine rings is 1. The van der Waals surface area contributed by atoms with E-state index in [9.17, 15) is 4.79 Å². The van der Waals surface area contributed by atoms with E-state index in [0.29, 0.717) is 24.5 Å². The molecule has 3 rings (SSSR count). The topological polar surface area (TPSA) is 68.5 Å². The first-order chi connectivity index (χ1) is 10.2. The van der Waals surface area contributed by atoms with E-state index in [1.807, 2.05) is 29.2 Å². The maximum Gasteiger partial charge on any atom is 0.254 e. The number of likely N-dealkylation sites (tertiary alicyclic amines) is 1. The molecule has 2 aromatic rings. The molecular formula is C16H19N3O2. The van der Waals surface area contributed by atoms with Crippen molar-refractivity contribution in [3.05, 3.63) is 35.9 Å². The Labute approximate surface area is 123 Å². The summed E-state index contributed by atoms with van der Waals surface area (Å²) in [7, 11) is 1.72. The second-order valence-electron chi connectivity index (χ2n) is 5.34. The lowest BCUT2D eigenvalue weighted by Gasteiger charge is -2.31. The van der Waals surface area contributed by atoms with Gasteiger partial charge in [-0.2, -0.15) is 0 Å². The molecule has 1 saturated heterocycles. The van der Waals surface area contributed by atoms with Gasteiger partial charge in [0.2, 0.25) is 0 Å². The first kappa shape index (κ1) is 13.8. The fraction of sp³-hybridized carbons (Fsp3) is 0.375. The molecule has 21 heavy (non-hydrogen) atoms. The lowest BCUT2D eigenvalue weighted by Crippen LogP contribution is -2.40. The van der Waals surface area contributed by atoms with Gasteiger partial charge in [0, 0.05) is 25.6 Å². The van der Waals surface area contributed by atoms with Crippen molar-refractivity contribution in [1.29, 1.82) is 0 Å². The van der Waals surface area contributed by atoms with Crippen molar-refractivity contribution in [3.8, 4) is 0 Å². The molecule has 0 atom stereocenters. The molecule has 2 N–H and O–H groups in total. The molecule has 5 nitrogen and oxygen atoms in total. The summed E-state index contributed by atoms with van der Waals surface area (Å²) in [6.07, 6.45) is 2.01. The first-order valence-corrected chi connectivity index (χ1v) is 7.16. The number of nitrogens with two attached hydrogens (primary N) is 1. The van der Waals surface area contributed by atoms with Crippen LogP contribution in [0.1, 0.15) is 23.2 Å². The van der Waals surface area contributed by atoms with Gasteiger partial charge in [0.05, 0.1) is 17.2 Å². The van der Waals surface area contributed by atoms with Gasteiger partial charge in [-0.3, -0.25) is 4.79 Å². The summed E-state index contributed by atoms with van der Waals surface area (Å²) in [5.41, 5.74) is 7.22. The molecule has 5 heteroatoms. The third-order valence-corrected chi connectivity index (χ3v) is 4.03. The van der Waals surface area contributed by atoms with E-state index in [1.54, 1.807) is 13.2 Å². The highest BCUT2D eigenvalue weighted by atomic mass is 16.5. The number of benzene rings is 1. The van der Waals surface area contributed by atoms with Crippen LogP contribution in [0.25, 0.3) is 10.9 Å². The summed E-state index contributed by atoms with van der Waals surface area (Å²) in [6, 6.07) is 9.27. The van der Waals surface area contributed by atoms with Crippen molar-refractivity contribution in [1.82, 2.24) is 9.88 Å². The number of fused-ring (bicyclic) bond motifs is 1. The molecule has 1 fully saturated rings. The number of carbonyl (C=O) groups is 1. The molecule has 1 aliphatic heterocycles. The van der Waals surface area contributed by atoms with Crippen LogP contribution in [-0.4, -0.2) is 42.1 Å². The summed E-state index contributed by atoms with van der Waals surface area (Å²) in [5.74, 6) is 0.402. The minimum atomic E-state index is 0.0230. The van der Waals surface area contributed by atoms with Crippen molar-refractivity contribution in [2.45, 2.75) is 18.9 Å². The summed E-state index contributed by atoms with van der Waals surface area (Å²) in [5, 5.41) is 0.852. The second kappa shape index (κ2) is 5.69. The Kier molecular flexibility index (Phi) is 3.75. The van der Waals surface area contributed by atoms with Crippen molar-refractivity contribution >= 4 is 22.6 Å². The number of nitrogen functional groups attached to an aromatic ring is 1. The Morgan fingerprint density at radius 2 is 2.05 bits per heavy atom. The van der Waals surface area contributed by atoms with E-state index in [2.05, 4.69) is 4.98 Å². The molecule has 1 aliphatic rings. The molecule has 2 heterocycles. The zero-order chi connectivity index (χ0) is 14.8. The number of hydrogen-bond acceptors (Lipinski definition) is 4. The molecule has 1 amide bonds. The van der Waals surface area contributed by atoms with Crippen molar-refractivity contribution < 1.29 is 9.53 Å². The fourth-order valence-electron chi connectivity index (χ4n) is 2.84. The number of methoxy groups -OCH3 is 1. The van der Waals surface area contributed by atoms with E-state index in [-0.39, 0.29) is 12.0 Å². The van der Waals surface area contributed by atoms with Gasteiger partial charge in [-0.15, -0.1) is 0 Å². The normalized spacial score (nSPS) is 16.3. The lowest BCUT2D eigenvalue weighted by atomic mass is 10.0. The average molecular weight is 285 g/mol. The molecule has 0 aliphatic carbocycles. The Bertz CT molecular complexity index is 664. The highest BCUT2D eigenvalue weighted by Crippen LogP contribution is 2.23. The van der Waals surface area contributed by atoms with E-state index in [0.717, 1.165) is 23.7 Å². The van der Waals surface area contributed by atoms with Crippen LogP contribution in [-0.2, 0) is 4.74 Å². The van der Waals surface area contributed by atoms with Crippen LogP contribution in [0, 0.1) is 0 Å². The van der Waals surface area contributed by atoms with Gasteiger partial charge in [-0.1, -0.05) is 18.2 Å². The Hall–Kier alpha value is -2.14. The summed E-state index contributed by atoms with van der Waals surface area (Å²) in [4.78, 5) is 18.9. The zero-order valence-electron chi connectivity index (χ0n) is 12.1. The van der Waals surface area contributed by atoms with Crippen LogP contribution in [0.2, 0.25) is 0 Å². The maximum absolute atomic E-state index is 12.8. The van der Waals surface area contributed by atoms with E-state index < -0.39 is 0 Å². The van der Waals surface area contributed by atoms with E-state index in [1.165, 1.54) is 0 Å². The number of amides is 1. The van der Waals surface area contributed by atoms with Gasteiger partial charge < -0.3 is 15.4 Å². The molecule has 1 aromatic carbocycles. The number of hydrogen-bond donors (Lipinski definition) is 1. The second-order valence-corrected chi connectivity index (χ2v) is 5.34. The van der Waals surface area contributed by atoms with Gasteiger partial charge in [0.25, 0.3) is 5.91 Å². The largest absolute Gasteiger partial charge is 0.384 e. The molecule has 0 saturated carbocycles. The van der Waals surface area contributed by atoms with Gasteiger partial charge in [0.1, 0.15) is 5.82 Å². The number of para-hydroxylation sites is 1. The first-order valence-electron chi connectivity index (χ1n) is 7.16. The van der Waals surface area contributed by atoms with Crippen LogP contribution in [0.15, 0.2) is 30.3 Å². The highest BCUT2D eigenvalue weighted by Gasteiger charge is 2.24. The zero-order valence-corrected chi connectivity index (χ0v) is 12.1. The van der Waals surface area contributed by atoms with Crippen LogP contribution in [0.5, 0.6) is 0 Å². The highest BCUT2D eigenvalue weighted by molar-refractivity contribution is 6.06. The van der Waals surface area contributed by atoms with Gasteiger partial charge in [-0.05, 0) is 25.0 Å². The van der Waals surface area contributed by atoms with Crippen molar-refractivity contribution in [2.75, 3.05) is 25.9 Å². The third kappa shape index (κ3) is 2.69. The SMILES string of the molecule is COC1CCN(C(=O)c2cc(N)nc3ccccc23)CC1. The molecule has 0 spiro atoms. The summed E-state index contributed by atoms with van der Waals surface area (Å²) in [6.45, 7) is 1.43. The number of rotatable bonds is 2. The minimum absolute atomic E-state index is 0.0230. The van der Waals surface area contributed by atoms with Crippen LogP contribution >= 0.6 is 0 Å². The van der Waals surface area contributed by atoms with Gasteiger partial charge in [0.15, 0.2) is 0 Å². The number of pyridine rings is 1. The standard InChI is InChI=1S/C16H19N3O2/c1-21-11-6-8-19(9-7-11)16(20)13-10-15(17)18-14-5-3-2-4-12(13)14/h2-5,10-11H,6-9H2,1H3,(H2,17,18). The number of nitrogens with zero attached hydrogens (tertiary/aromatic N) is 2. The van der Waals surface area contributed by atoms with Crippen LogP contribution in [0.4, 0.5) is 5.82 Å². The number of anilines is 1. The van der Waals surface area contributed by atoms with Crippen molar-refractivity contribution in [2.24, 2.45) is 0 Å². The number of carbonyl (C=O) groups excluding carboxylic acids is 1. The molecule has 110 valence electrons. The summed E-state index contributed by atoms with van der Waals surface area (Å²) >= 11 is 0. The predicted octanol–water partition coefficient (Wildman–Crippen LogP) is 2.07. The minimum Gasteiger partial charge on any atom is -0.384 e. The van der Waals surface area contributed by atoms with Crippen molar-refractivity contribution in [3.63, 3.8) is 0 Å². The quantitative estimate of drug-likeness (QED) is 0.917. The third-order valence-electron chi connectivity index (χ3n) is 4.03. The van der Waals surface area contributed by atoms with Crippen LogP contribution in [0.3, 0.4) is 0 Å². The summed E-state index contributed by atoms with van der Waals surface area (Å²) < 4.78 is 5.35. The van der Waals surface area contributed by atoms with E-state index in [4.69, 9.17) is 10.5 Å². The average Bonchev–Trinajstić information content (AvgIpc) is 2.53. The molecule has 0 bridgehead atoms.